The molecular formula is C9H15N5O+2. The molecule has 0 heterocycles. The Morgan fingerprint density at radius 2 is 1.73 bits per heavy atom. The van der Waals surface area contributed by atoms with Gasteiger partial charge in [0.2, 0.25) is 0 Å². The molecule has 8 N–H and O–H groups in total. The summed E-state index contributed by atoms with van der Waals surface area (Å²) >= 11 is 0. The molecule has 80 valence electrons. The van der Waals surface area contributed by atoms with Crippen LogP contribution in [0.1, 0.15) is 0 Å². The Labute approximate surface area is 87.5 Å². The number of benzene rings is 1. The predicted octanol–water partition coefficient (Wildman–Crippen LogP) is -3.92. The quantitative estimate of drug-likeness (QED) is 0.253. The van der Waals surface area contributed by atoms with Gasteiger partial charge in [0.25, 0.3) is 5.96 Å². The second kappa shape index (κ2) is 4.85. The lowest BCUT2D eigenvalue weighted by atomic mass is 10.3. The number of rotatable bonds is 2. The minimum Gasteiger partial charge on any atom is -0.497 e. The van der Waals surface area contributed by atoms with Crippen molar-refractivity contribution in [2.75, 3.05) is 7.11 Å². The molecule has 0 aromatic heterocycles. The van der Waals surface area contributed by atoms with Crippen LogP contribution in [0.3, 0.4) is 0 Å². The Balaban J connectivity index is 2.84. The van der Waals surface area contributed by atoms with Crippen molar-refractivity contribution in [3.05, 3.63) is 24.3 Å². The minimum absolute atomic E-state index is 0.0357. The Bertz CT molecular complexity index is 378. The molecule has 1 aromatic rings. The summed E-state index contributed by atoms with van der Waals surface area (Å²) in [5.41, 5.74) is 16.8. The molecule has 0 aliphatic rings. The maximum absolute atomic E-state index is 5.56. The van der Waals surface area contributed by atoms with Gasteiger partial charge in [0.05, 0.1) is 7.11 Å². The van der Waals surface area contributed by atoms with Crippen molar-refractivity contribution in [2.45, 2.75) is 0 Å². The van der Waals surface area contributed by atoms with E-state index in [1.807, 2.05) is 24.3 Å². The molecule has 0 aliphatic carbocycles. The van der Waals surface area contributed by atoms with Gasteiger partial charge in [-0.25, -0.2) is 5.73 Å². The van der Waals surface area contributed by atoms with Gasteiger partial charge in [-0.05, 0) is 24.3 Å². The first kappa shape index (κ1) is 10.8. The lowest BCUT2D eigenvalue weighted by Gasteiger charge is -1.96. The van der Waals surface area contributed by atoms with E-state index in [1.54, 1.807) is 7.11 Å². The third-order valence-corrected chi connectivity index (χ3v) is 1.65. The third-order valence-electron chi connectivity index (χ3n) is 1.65. The zero-order valence-corrected chi connectivity index (χ0v) is 8.45. The molecule has 0 spiro atoms. The normalized spacial score (nSPS) is 10.9. The van der Waals surface area contributed by atoms with E-state index in [2.05, 4.69) is 9.98 Å². The lowest BCUT2D eigenvalue weighted by Crippen LogP contribution is -2.96. The van der Waals surface area contributed by atoms with E-state index >= 15 is 0 Å². The topological polar surface area (TPSA) is 115 Å². The summed E-state index contributed by atoms with van der Waals surface area (Å²) in [5, 5.41) is 0. The smallest absolute Gasteiger partial charge is 0.497 e. The van der Waals surface area contributed by atoms with Gasteiger partial charge >= 0.3 is 5.96 Å². The largest absolute Gasteiger partial charge is 0.522 e. The van der Waals surface area contributed by atoms with Crippen molar-refractivity contribution < 1.29 is 14.7 Å². The van der Waals surface area contributed by atoms with Gasteiger partial charge in [-0.15, -0.1) is 4.99 Å². The number of ether oxygens (including phenoxy) is 1. The first-order chi connectivity index (χ1) is 7.11. The molecule has 0 aliphatic heterocycles. The maximum Gasteiger partial charge on any atom is 0.522 e. The van der Waals surface area contributed by atoms with E-state index < -0.39 is 0 Å². The minimum atomic E-state index is 0.0357. The van der Waals surface area contributed by atoms with Crippen LogP contribution in [0.25, 0.3) is 0 Å². The molecule has 1 rings (SSSR count). The molecule has 0 saturated heterocycles. The molecule has 0 saturated carbocycles. The fraction of sp³-hybridized carbons (Fsp3) is 0.111. The monoisotopic (exact) mass is 209 g/mol. The van der Waals surface area contributed by atoms with E-state index in [4.69, 9.17) is 21.9 Å². The fourth-order valence-electron chi connectivity index (χ4n) is 1.02. The summed E-state index contributed by atoms with van der Waals surface area (Å²) in [4.78, 5) is 5.42. The highest BCUT2D eigenvalue weighted by Gasteiger charge is 2.04. The van der Waals surface area contributed by atoms with Crippen molar-refractivity contribution in [1.82, 2.24) is 0 Å². The molecule has 0 radical (unpaired) electrons. The molecule has 0 bridgehead atoms. The molecule has 0 fully saturated rings. The van der Waals surface area contributed by atoms with Crippen molar-refractivity contribution in [2.24, 2.45) is 17.2 Å². The Kier molecular flexibility index (Phi) is 3.50. The molecule has 0 atom stereocenters. The highest BCUT2D eigenvalue weighted by Crippen LogP contribution is 2.10. The zero-order chi connectivity index (χ0) is 11.3. The van der Waals surface area contributed by atoms with Crippen molar-refractivity contribution in [3.63, 3.8) is 0 Å². The van der Waals surface area contributed by atoms with Gasteiger partial charge in [0, 0.05) is 0 Å². The molecule has 15 heavy (non-hydrogen) atoms. The van der Waals surface area contributed by atoms with Crippen LogP contribution in [-0.4, -0.2) is 19.0 Å². The maximum atomic E-state index is 5.56. The number of hydrogen-bond donors (Lipinski definition) is 5. The zero-order valence-electron chi connectivity index (χ0n) is 8.45. The van der Waals surface area contributed by atoms with Crippen LogP contribution in [0.4, 0.5) is 5.69 Å². The Hall–Kier alpha value is -2.24. The number of nitrogens with two attached hydrogens (primary N) is 3. The summed E-state index contributed by atoms with van der Waals surface area (Å²) in [7, 11) is 1.61. The number of hydrogen-bond acceptors (Lipinski definition) is 1. The van der Waals surface area contributed by atoms with Gasteiger partial charge in [-0.2, -0.15) is 4.99 Å². The van der Waals surface area contributed by atoms with Gasteiger partial charge in [0.1, 0.15) is 5.75 Å². The summed E-state index contributed by atoms with van der Waals surface area (Å²) in [6, 6.07) is 7.26. The summed E-state index contributed by atoms with van der Waals surface area (Å²) in [6.07, 6.45) is 0. The number of nitrogens with one attached hydrogen (secondary N) is 2. The van der Waals surface area contributed by atoms with Crippen LogP contribution >= 0.6 is 0 Å². The summed E-state index contributed by atoms with van der Waals surface area (Å²) in [6.45, 7) is 0. The van der Waals surface area contributed by atoms with Crippen LogP contribution in [0.15, 0.2) is 24.3 Å². The number of methoxy groups -OCH3 is 1. The average molecular weight is 209 g/mol. The first-order valence-electron chi connectivity index (χ1n) is 4.30. The van der Waals surface area contributed by atoms with Gasteiger partial charge < -0.3 is 16.2 Å². The number of guanidine groups is 2. The predicted molar refractivity (Wildman–Crippen MR) is 57.2 cm³/mol. The molecular weight excluding hydrogens is 194 g/mol. The van der Waals surface area contributed by atoms with Gasteiger partial charge in [0.15, 0.2) is 5.69 Å². The summed E-state index contributed by atoms with van der Waals surface area (Å²) in [5.74, 6) is 1.07. The third kappa shape index (κ3) is 3.55. The van der Waals surface area contributed by atoms with Crippen LogP contribution in [0.2, 0.25) is 0 Å². The molecule has 6 nitrogen and oxygen atoms in total. The molecule has 0 amide bonds. The van der Waals surface area contributed by atoms with Crippen molar-refractivity contribution >= 4 is 17.6 Å². The standard InChI is InChI=1S/C9H13N5O/c1-15-7-4-2-6(3-5-7)13-9(12)14-8(10)11/h2-5H,1H3,(H6,10,11,12,13,14)/p+2. The van der Waals surface area contributed by atoms with Crippen molar-refractivity contribution in [3.8, 4) is 5.75 Å². The van der Waals surface area contributed by atoms with Crippen molar-refractivity contribution in [1.29, 1.82) is 0 Å². The van der Waals surface area contributed by atoms with Gasteiger partial charge in [-0.1, -0.05) is 0 Å². The second-order valence-corrected chi connectivity index (χ2v) is 2.85. The Morgan fingerprint density at radius 3 is 2.20 bits per heavy atom. The van der Waals surface area contributed by atoms with E-state index in [-0.39, 0.29) is 11.9 Å². The van der Waals surface area contributed by atoms with Crippen LogP contribution < -0.4 is 31.9 Å². The van der Waals surface area contributed by atoms with E-state index in [1.165, 1.54) is 0 Å². The Morgan fingerprint density at radius 1 is 1.13 bits per heavy atom. The lowest BCUT2D eigenvalue weighted by molar-refractivity contribution is -0.459. The van der Waals surface area contributed by atoms with Gasteiger partial charge in [-0.3, -0.25) is 0 Å². The van der Waals surface area contributed by atoms with E-state index in [9.17, 15) is 0 Å². The SMILES string of the molecule is COc1ccc([NH+]=C(N)[NH+]=C(N)N)cc1. The molecule has 0 unspecified atom stereocenters. The average Bonchev–Trinajstić information content (AvgIpc) is 2.17. The van der Waals surface area contributed by atoms with Crippen LogP contribution in [-0.2, 0) is 0 Å². The van der Waals surface area contributed by atoms with E-state index in [0.29, 0.717) is 0 Å². The van der Waals surface area contributed by atoms with Crippen LogP contribution in [0.5, 0.6) is 5.75 Å². The first-order valence-corrected chi connectivity index (χ1v) is 4.30. The second-order valence-electron chi connectivity index (χ2n) is 2.85. The molecule has 6 heteroatoms. The van der Waals surface area contributed by atoms with E-state index in [0.717, 1.165) is 11.4 Å². The summed E-state index contributed by atoms with van der Waals surface area (Å²) < 4.78 is 5.01. The van der Waals surface area contributed by atoms with Crippen LogP contribution in [0, 0.1) is 0 Å². The highest BCUT2D eigenvalue weighted by atomic mass is 16.5. The molecule has 1 aromatic carbocycles. The fourth-order valence-corrected chi connectivity index (χ4v) is 1.02. The highest BCUT2D eigenvalue weighted by molar-refractivity contribution is 5.75.